The van der Waals surface area contributed by atoms with Gasteiger partial charge in [0.1, 0.15) is 6.33 Å². The van der Waals surface area contributed by atoms with Crippen molar-refractivity contribution in [3.63, 3.8) is 0 Å². The predicted octanol–water partition coefficient (Wildman–Crippen LogP) is 2.16. The second-order valence-corrected chi connectivity index (χ2v) is 6.01. The normalized spacial score (nSPS) is 13.9. The summed E-state index contributed by atoms with van der Waals surface area (Å²) in [7, 11) is 0. The SMILES string of the molecule is O=C(CSc1ccncc1)NCc1cc(C2CC2)ncn1. The topological polar surface area (TPSA) is 67.8 Å². The highest BCUT2D eigenvalue weighted by atomic mass is 32.2. The lowest BCUT2D eigenvalue weighted by Crippen LogP contribution is -2.25. The van der Waals surface area contributed by atoms with Crippen LogP contribution in [0.4, 0.5) is 0 Å². The van der Waals surface area contributed by atoms with Gasteiger partial charge in [-0.3, -0.25) is 9.78 Å². The average molecular weight is 300 g/mol. The average Bonchev–Trinajstić information content (AvgIpc) is 3.37. The number of hydrogen-bond donors (Lipinski definition) is 1. The molecule has 0 unspecified atom stereocenters. The van der Waals surface area contributed by atoms with E-state index in [-0.39, 0.29) is 5.91 Å². The van der Waals surface area contributed by atoms with Crippen LogP contribution in [0.25, 0.3) is 0 Å². The van der Waals surface area contributed by atoms with E-state index in [0.29, 0.717) is 18.2 Å². The van der Waals surface area contributed by atoms with Gasteiger partial charge >= 0.3 is 0 Å². The Bertz CT molecular complexity index is 616. The summed E-state index contributed by atoms with van der Waals surface area (Å²) in [4.78, 5) is 25.3. The van der Waals surface area contributed by atoms with Gasteiger partial charge in [0, 0.05) is 28.9 Å². The molecule has 5 nitrogen and oxygen atoms in total. The first-order valence-electron chi connectivity index (χ1n) is 6.91. The van der Waals surface area contributed by atoms with E-state index < -0.39 is 0 Å². The lowest BCUT2D eigenvalue weighted by molar-refractivity contribution is -0.118. The molecule has 0 spiro atoms. The van der Waals surface area contributed by atoms with Crippen molar-refractivity contribution in [1.82, 2.24) is 20.3 Å². The van der Waals surface area contributed by atoms with Crippen molar-refractivity contribution in [3.05, 3.63) is 48.3 Å². The molecule has 1 N–H and O–H groups in total. The molecule has 2 aromatic heterocycles. The third kappa shape index (κ3) is 4.26. The molecule has 0 atom stereocenters. The molecule has 6 heteroatoms. The van der Waals surface area contributed by atoms with Gasteiger partial charge in [-0.05, 0) is 31.0 Å². The van der Waals surface area contributed by atoms with Crippen molar-refractivity contribution in [2.75, 3.05) is 5.75 Å². The number of nitrogens with one attached hydrogen (secondary N) is 1. The molecule has 1 aliphatic rings. The van der Waals surface area contributed by atoms with Crippen molar-refractivity contribution in [1.29, 1.82) is 0 Å². The summed E-state index contributed by atoms with van der Waals surface area (Å²) >= 11 is 1.50. The zero-order valence-electron chi connectivity index (χ0n) is 11.5. The fourth-order valence-electron chi connectivity index (χ4n) is 1.94. The second-order valence-electron chi connectivity index (χ2n) is 4.96. The number of pyridine rings is 1. The highest BCUT2D eigenvalue weighted by Crippen LogP contribution is 2.38. The number of thioether (sulfide) groups is 1. The van der Waals surface area contributed by atoms with Gasteiger partial charge in [0.15, 0.2) is 0 Å². The maximum Gasteiger partial charge on any atom is 0.230 e. The van der Waals surface area contributed by atoms with E-state index in [1.807, 2.05) is 18.2 Å². The zero-order chi connectivity index (χ0) is 14.5. The summed E-state index contributed by atoms with van der Waals surface area (Å²) in [6, 6.07) is 5.78. The molecule has 1 saturated carbocycles. The van der Waals surface area contributed by atoms with Crippen LogP contribution in [0.2, 0.25) is 0 Å². The van der Waals surface area contributed by atoms with E-state index in [0.717, 1.165) is 16.3 Å². The monoisotopic (exact) mass is 300 g/mol. The first-order valence-corrected chi connectivity index (χ1v) is 7.90. The van der Waals surface area contributed by atoms with Gasteiger partial charge in [-0.15, -0.1) is 11.8 Å². The van der Waals surface area contributed by atoms with Gasteiger partial charge in [0.2, 0.25) is 5.91 Å². The third-order valence-electron chi connectivity index (χ3n) is 3.23. The summed E-state index contributed by atoms with van der Waals surface area (Å²) in [6.45, 7) is 0.456. The van der Waals surface area contributed by atoms with Crippen molar-refractivity contribution in [3.8, 4) is 0 Å². The summed E-state index contributed by atoms with van der Waals surface area (Å²) < 4.78 is 0. The van der Waals surface area contributed by atoms with Gasteiger partial charge in [-0.25, -0.2) is 9.97 Å². The highest BCUT2D eigenvalue weighted by molar-refractivity contribution is 8.00. The molecule has 0 saturated heterocycles. The van der Waals surface area contributed by atoms with Crippen molar-refractivity contribution in [2.45, 2.75) is 30.2 Å². The lowest BCUT2D eigenvalue weighted by Gasteiger charge is -2.06. The smallest absolute Gasteiger partial charge is 0.230 e. The third-order valence-corrected chi connectivity index (χ3v) is 4.24. The van der Waals surface area contributed by atoms with E-state index in [2.05, 4.69) is 20.3 Å². The molecule has 108 valence electrons. The van der Waals surface area contributed by atoms with Crippen molar-refractivity contribution < 1.29 is 4.79 Å². The number of aromatic nitrogens is 3. The zero-order valence-corrected chi connectivity index (χ0v) is 12.3. The molecule has 0 aromatic carbocycles. The number of hydrogen-bond acceptors (Lipinski definition) is 5. The Kier molecular flexibility index (Phi) is 4.45. The molecular formula is C15H16N4OS. The minimum absolute atomic E-state index is 0.00314. The van der Waals surface area contributed by atoms with E-state index in [9.17, 15) is 4.79 Å². The Hall–Kier alpha value is -1.95. The van der Waals surface area contributed by atoms with Crippen LogP contribution in [0.15, 0.2) is 41.8 Å². The summed E-state index contributed by atoms with van der Waals surface area (Å²) in [5.41, 5.74) is 1.97. The molecule has 1 amide bonds. The van der Waals surface area contributed by atoms with Gasteiger partial charge in [0.25, 0.3) is 0 Å². The Morgan fingerprint density at radius 1 is 1.29 bits per heavy atom. The molecule has 2 heterocycles. The Labute approximate surface area is 127 Å². The number of carbonyl (C=O) groups excluding carboxylic acids is 1. The van der Waals surface area contributed by atoms with Crippen LogP contribution < -0.4 is 5.32 Å². The number of rotatable bonds is 6. The Morgan fingerprint density at radius 3 is 2.86 bits per heavy atom. The quantitative estimate of drug-likeness (QED) is 0.828. The van der Waals surface area contributed by atoms with Crippen LogP contribution >= 0.6 is 11.8 Å². The fourth-order valence-corrected chi connectivity index (χ4v) is 2.65. The maximum absolute atomic E-state index is 11.8. The highest BCUT2D eigenvalue weighted by Gasteiger charge is 2.25. The standard InChI is InChI=1S/C15H16N4OS/c20-15(9-21-13-3-5-16-6-4-13)17-8-12-7-14(11-1-2-11)19-10-18-12/h3-7,10-11H,1-2,8-9H2,(H,17,20). The van der Waals surface area contributed by atoms with Gasteiger partial charge in [-0.1, -0.05) is 0 Å². The van der Waals surface area contributed by atoms with E-state index in [4.69, 9.17) is 0 Å². The summed E-state index contributed by atoms with van der Waals surface area (Å²) in [5.74, 6) is 0.998. The predicted molar refractivity (Wildman–Crippen MR) is 80.8 cm³/mol. The Balaban J connectivity index is 1.46. The molecular weight excluding hydrogens is 284 g/mol. The summed E-state index contributed by atoms with van der Waals surface area (Å²) in [6.07, 6.45) is 7.46. The van der Waals surface area contributed by atoms with Gasteiger partial charge in [0.05, 0.1) is 18.0 Å². The van der Waals surface area contributed by atoms with Crippen LogP contribution in [0.5, 0.6) is 0 Å². The molecule has 0 aliphatic heterocycles. The minimum Gasteiger partial charge on any atom is -0.350 e. The molecule has 21 heavy (non-hydrogen) atoms. The van der Waals surface area contributed by atoms with E-state index in [1.165, 1.54) is 24.6 Å². The minimum atomic E-state index is 0.00314. The second kappa shape index (κ2) is 6.67. The number of carbonyl (C=O) groups is 1. The van der Waals surface area contributed by atoms with Gasteiger partial charge < -0.3 is 5.32 Å². The summed E-state index contributed by atoms with van der Waals surface area (Å²) in [5, 5.41) is 2.89. The first kappa shape index (κ1) is 14.0. The molecule has 1 aliphatic carbocycles. The van der Waals surface area contributed by atoms with E-state index in [1.54, 1.807) is 18.7 Å². The molecule has 0 bridgehead atoms. The molecule has 1 fully saturated rings. The molecule has 2 aromatic rings. The Morgan fingerprint density at radius 2 is 2.10 bits per heavy atom. The maximum atomic E-state index is 11.8. The fraction of sp³-hybridized carbons (Fsp3) is 0.333. The van der Waals surface area contributed by atoms with Crippen LogP contribution in [0.3, 0.4) is 0 Å². The van der Waals surface area contributed by atoms with Crippen molar-refractivity contribution in [2.24, 2.45) is 0 Å². The number of nitrogens with zero attached hydrogens (tertiary/aromatic N) is 3. The van der Waals surface area contributed by atoms with Crippen LogP contribution in [-0.2, 0) is 11.3 Å². The van der Waals surface area contributed by atoms with Crippen LogP contribution in [0, 0.1) is 0 Å². The lowest BCUT2D eigenvalue weighted by atomic mass is 10.2. The number of amides is 1. The van der Waals surface area contributed by atoms with E-state index >= 15 is 0 Å². The van der Waals surface area contributed by atoms with Crippen LogP contribution in [0.1, 0.15) is 30.1 Å². The van der Waals surface area contributed by atoms with Gasteiger partial charge in [-0.2, -0.15) is 0 Å². The molecule has 0 radical (unpaired) electrons. The first-order chi connectivity index (χ1) is 10.3. The largest absolute Gasteiger partial charge is 0.350 e. The van der Waals surface area contributed by atoms with Crippen molar-refractivity contribution >= 4 is 17.7 Å². The van der Waals surface area contributed by atoms with Crippen LogP contribution in [-0.4, -0.2) is 26.6 Å². The molecule has 3 rings (SSSR count).